The Morgan fingerprint density at radius 1 is 0.852 bits per heavy atom. The van der Waals surface area contributed by atoms with Gasteiger partial charge in [-0.3, -0.25) is 9.80 Å². The summed E-state index contributed by atoms with van der Waals surface area (Å²) in [5, 5.41) is 0. The fourth-order valence-electron chi connectivity index (χ4n) is 4.09. The Balaban J connectivity index is 1.48. The molecule has 0 amide bonds. The molecule has 1 aliphatic heterocycles. The Morgan fingerprint density at radius 3 is 1.89 bits per heavy atom. The van der Waals surface area contributed by atoms with Crippen molar-refractivity contribution in [3.8, 4) is 0 Å². The molecule has 140 valence electrons. The van der Waals surface area contributed by atoms with E-state index in [0.717, 1.165) is 38.5 Å². The van der Waals surface area contributed by atoms with Crippen LogP contribution in [0.4, 0.5) is 0 Å². The van der Waals surface area contributed by atoms with Crippen molar-refractivity contribution in [1.82, 2.24) is 19.8 Å². The van der Waals surface area contributed by atoms with Gasteiger partial charge in [0.1, 0.15) is 5.82 Å². The molecule has 0 radical (unpaired) electrons. The van der Waals surface area contributed by atoms with Crippen LogP contribution in [0, 0.1) is 13.8 Å². The lowest BCUT2D eigenvalue weighted by Crippen LogP contribution is -2.47. The molecule has 3 aromatic rings. The van der Waals surface area contributed by atoms with Gasteiger partial charge in [-0.1, -0.05) is 60.7 Å². The molecule has 1 aromatic heterocycles. The minimum absolute atomic E-state index is 0.323. The van der Waals surface area contributed by atoms with E-state index in [1.54, 1.807) is 0 Å². The number of nitrogens with one attached hydrogen (secondary N) is 1. The lowest BCUT2D eigenvalue weighted by atomic mass is 9.96. The average Bonchev–Trinajstić information content (AvgIpc) is 3.02. The summed E-state index contributed by atoms with van der Waals surface area (Å²) in [7, 11) is 0. The molecular weight excluding hydrogens is 332 g/mol. The quantitative estimate of drug-likeness (QED) is 0.749. The fraction of sp³-hybridized carbons (Fsp3) is 0.348. The molecule has 2 aromatic carbocycles. The van der Waals surface area contributed by atoms with Crippen molar-refractivity contribution >= 4 is 0 Å². The number of aromatic amines is 1. The highest BCUT2D eigenvalue weighted by Crippen LogP contribution is 2.29. The zero-order valence-corrected chi connectivity index (χ0v) is 16.2. The summed E-state index contributed by atoms with van der Waals surface area (Å²) >= 11 is 0. The average molecular weight is 361 g/mol. The Kier molecular flexibility index (Phi) is 5.37. The summed E-state index contributed by atoms with van der Waals surface area (Å²) in [5.74, 6) is 1.01. The summed E-state index contributed by atoms with van der Waals surface area (Å²) in [6.45, 7) is 9.35. The van der Waals surface area contributed by atoms with E-state index in [1.165, 1.54) is 22.5 Å². The van der Waals surface area contributed by atoms with E-state index < -0.39 is 0 Å². The van der Waals surface area contributed by atoms with Gasteiger partial charge >= 0.3 is 0 Å². The van der Waals surface area contributed by atoms with Crippen LogP contribution in [-0.2, 0) is 6.54 Å². The number of piperazine rings is 1. The highest BCUT2D eigenvalue weighted by atomic mass is 15.3. The molecule has 4 heteroatoms. The van der Waals surface area contributed by atoms with Gasteiger partial charge < -0.3 is 4.98 Å². The van der Waals surface area contributed by atoms with Crippen molar-refractivity contribution in [3.05, 3.63) is 89.0 Å². The van der Waals surface area contributed by atoms with E-state index in [2.05, 4.69) is 87.4 Å². The van der Waals surface area contributed by atoms with Crippen LogP contribution in [0.3, 0.4) is 0 Å². The van der Waals surface area contributed by atoms with Gasteiger partial charge in [0.15, 0.2) is 0 Å². The standard InChI is InChI=1S/C23H28N4/c1-18-22(25-19(2)24-18)17-26-13-15-27(16-14-26)23(20-9-5-3-6-10-20)21-11-7-4-8-12-21/h3-12,23H,13-17H2,1-2H3,(H,24,25). The number of aromatic nitrogens is 2. The molecular formula is C23H28N4. The Labute approximate surface area is 161 Å². The predicted molar refractivity (Wildman–Crippen MR) is 110 cm³/mol. The van der Waals surface area contributed by atoms with E-state index in [4.69, 9.17) is 0 Å². The zero-order valence-electron chi connectivity index (χ0n) is 16.2. The number of rotatable bonds is 5. The van der Waals surface area contributed by atoms with Crippen LogP contribution in [-0.4, -0.2) is 45.9 Å². The summed E-state index contributed by atoms with van der Waals surface area (Å²) in [5.41, 5.74) is 5.12. The third-order valence-electron chi connectivity index (χ3n) is 5.48. The lowest BCUT2D eigenvalue weighted by Gasteiger charge is -2.39. The maximum atomic E-state index is 4.64. The first-order valence-corrected chi connectivity index (χ1v) is 9.79. The summed E-state index contributed by atoms with van der Waals surface area (Å²) in [4.78, 5) is 13.1. The van der Waals surface area contributed by atoms with Crippen molar-refractivity contribution in [1.29, 1.82) is 0 Å². The minimum atomic E-state index is 0.323. The van der Waals surface area contributed by atoms with Crippen molar-refractivity contribution in [2.75, 3.05) is 26.2 Å². The Hall–Kier alpha value is -2.43. The molecule has 0 unspecified atom stereocenters. The minimum Gasteiger partial charge on any atom is -0.346 e. The molecule has 1 saturated heterocycles. The SMILES string of the molecule is Cc1nc(CN2CCN(C(c3ccccc3)c3ccccc3)CC2)c(C)[nH]1. The molecule has 1 aliphatic rings. The molecule has 27 heavy (non-hydrogen) atoms. The van der Waals surface area contributed by atoms with Gasteiger partial charge in [0.25, 0.3) is 0 Å². The number of imidazole rings is 1. The van der Waals surface area contributed by atoms with Crippen LogP contribution < -0.4 is 0 Å². The van der Waals surface area contributed by atoms with Crippen LogP contribution >= 0.6 is 0 Å². The number of hydrogen-bond acceptors (Lipinski definition) is 3. The van der Waals surface area contributed by atoms with Gasteiger partial charge in [0.05, 0.1) is 11.7 Å². The van der Waals surface area contributed by atoms with Gasteiger partial charge in [-0.25, -0.2) is 4.98 Å². The summed E-state index contributed by atoms with van der Waals surface area (Å²) in [6, 6.07) is 22.1. The molecule has 0 bridgehead atoms. The third kappa shape index (κ3) is 4.12. The third-order valence-corrected chi connectivity index (χ3v) is 5.48. The first-order valence-electron chi connectivity index (χ1n) is 9.79. The number of aryl methyl sites for hydroxylation is 2. The molecule has 2 heterocycles. The first kappa shape index (κ1) is 18.0. The zero-order chi connectivity index (χ0) is 18.6. The second-order valence-electron chi connectivity index (χ2n) is 7.43. The second-order valence-corrected chi connectivity index (χ2v) is 7.43. The maximum Gasteiger partial charge on any atom is 0.103 e. The molecule has 4 rings (SSSR count). The number of nitrogens with zero attached hydrogens (tertiary/aromatic N) is 3. The second kappa shape index (κ2) is 8.07. The Morgan fingerprint density at radius 2 is 1.41 bits per heavy atom. The van der Waals surface area contributed by atoms with E-state index in [0.29, 0.717) is 6.04 Å². The maximum absolute atomic E-state index is 4.64. The molecule has 1 N–H and O–H groups in total. The van der Waals surface area contributed by atoms with E-state index >= 15 is 0 Å². The number of benzene rings is 2. The molecule has 0 spiro atoms. The fourth-order valence-corrected chi connectivity index (χ4v) is 4.09. The molecule has 1 fully saturated rings. The smallest absolute Gasteiger partial charge is 0.103 e. The van der Waals surface area contributed by atoms with Gasteiger partial charge in [-0.2, -0.15) is 0 Å². The largest absolute Gasteiger partial charge is 0.346 e. The summed E-state index contributed by atoms with van der Waals surface area (Å²) in [6.07, 6.45) is 0. The van der Waals surface area contributed by atoms with Crippen molar-refractivity contribution in [2.45, 2.75) is 26.4 Å². The van der Waals surface area contributed by atoms with Crippen LogP contribution in [0.1, 0.15) is 34.4 Å². The summed E-state index contributed by atoms with van der Waals surface area (Å²) < 4.78 is 0. The van der Waals surface area contributed by atoms with Crippen molar-refractivity contribution in [3.63, 3.8) is 0 Å². The van der Waals surface area contributed by atoms with Gasteiger partial charge in [0.2, 0.25) is 0 Å². The van der Waals surface area contributed by atoms with Crippen LogP contribution in [0.15, 0.2) is 60.7 Å². The number of hydrogen-bond donors (Lipinski definition) is 1. The van der Waals surface area contributed by atoms with Gasteiger partial charge in [-0.15, -0.1) is 0 Å². The van der Waals surface area contributed by atoms with Crippen LogP contribution in [0.2, 0.25) is 0 Å². The molecule has 4 nitrogen and oxygen atoms in total. The van der Waals surface area contributed by atoms with Gasteiger partial charge in [-0.05, 0) is 25.0 Å². The van der Waals surface area contributed by atoms with Crippen LogP contribution in [0.25, 0.3) is 0 Å². The van der Waals surface area contributed by atoms with E-state index in [9.17, 15) is 0 Å². The topological polar surface area (TPSA) is 35.2 Å². The molecule has 0 saturated carbocycles. The van der Waals surface area contributed by atoms with E-state index in [-0.39, 0.29) is 0 Å². The predicted octanol–water partition coefficient (Wildman–Crippen LogP) is 3.93. The van der Waals surface area contributed by atoms with Gasteiger partial charge in [0, 0.05) is 38.4 Å². The highest BCUT2D eigenvalue weighted by molar-refractivity contribution is 5.32. The normalized spacial score (nSPS) is 16.1. The van der Waals surface area contributed by atoms with Crippen molar-refractivity contribution in [2.24, 2.45) is 0 Å². The first-order chi connectivity index (χ1) is 13.2. The monoisotopic (exact) mass is 360 g/mol. The number of H-pyrrole nitrogens is 1. The lowest BCUT2D eigenvalue weighted by molar-refractivity contribution is 0.104. The van der Waals surface area contributed by atoms with Crippen LogP contribution in [0.5, 0.6) is 0 Å². The van der Waals surface area contributed by atoms with Crippen molar-refractivity contribution < 1.29 is 0 Å². The van der Waals surface area contributed by atoms with E-state index in [1.807, 2.05) is 6.92 Å². The Bertz CT molecular complexity index is 809. The molecule has 0 atom stereocenters. The highest BCUT2D eigenvalue weighted by Gasteiger charge is 2.26. The molecule has 0 aliphatic carbocycles.